The molecule has 0 unspecified atom stereocenters. The predicted octanol–water partition coefficient (Wildman–Crippen LogP) is 5.21. The zero-order chi connectivity index (χ0) is 18.8. The number of halogens is 1. The molecule has 3 heterocycles. The van der Waals surface area contributed by atoms with Crippen molar-refractivity contribution in [2.75, 3.05) is 0 Å². The lowest BCUT2D eigenvalue weighted by Gasteiger charge is -2.15. The van der Waals surface area contributed by atoms with Gasteiger partial charge in [-0.05, 0) is 41.3 Å². The Morgan fingerprint density at radius 2 is 1.85 bits per heavy atom. The topological polar surface area (TPSA) is 50.5 Å². The van der Waals surface area contributed by atoms with Crippen molar-refractivity contribution in [1.29, 1.82) is 0 Å². The Morgan fingerprint density at radius 1 is 1.04 bits per heavy atom. The highest BCUT2D eigenvalue weighted by atomic mass is 35.5. The number of amides is 2. The SMILES string of the molecule is O=C1C(SCc2ccco2)=C(c2cccs2)C(=O)N1Cc1ccc(Cl)cc1. The van der Waals surface area contributed by atoms with Crippen LogP contribution in [0.1, 0.15) is 16.2 Å². The van der Waals surface area contributed by atoms with Crippen molar-refractivity contribution in [1.82, 2.24) is 4.90 Å². The van der Waals surface area contributed by atoms with Crippen molar-refractivity contribution in [2.24, 2.45) is 0 Å². The molecule has 2 aromatic heterocycles. The Kier molecular flexibility index (Phi) is 5.20. The summed E-state index contributed by atoms with van der Waals surface area (Å²) in [6, 6.07) is 14.5. The second-order valence-electron chi connectivity index (χ2n) is 5.87. The van der Waals surface area contributed by atoms with Crippen LogP contribution in [0.5, 0.6) is 0 Å². The van der Waals surface area contributed by atoms with Gasteiger partial charge in [-0.15, -0.1) is 23.1 Å². The minimum atomic E-state index is -0.269. The summed E-state index contributed by atoms with van der Waals surface area (Å²) in [7, 11) is 0. The maximum absolute atomic E-state index is 13.0. The van der Waals surface area contributed by atoms with Crippen molar-refractivity contribution in [3.05, 3.63) is 86.3 Å². The molecule has 0 N–H and O–H groups in total. The van der Waals surface area contributed by atoms with Crippen LogP contribution in [0.25, 0.3) is 5.57 Å². The highest BCUT2D eigenvalue weighted by Gasteiger charge is 2.39. The number of hydrogen-bond donors (Lipinski definition) is 0. The third kappa shape index (κ3) is 3.74. The number of thiophene rings is 1. The van der Waals surface area contributed by atoms with E-state index in [2.05, 4.69) is 0 Å². The lowest BCUT2D eigenvalue weighted by atomic mass is 10.2. The highest BCUT2D eigenvalue weighted by molar-refractivity contribution is 8.03. The van der Waals surface area contributed by atoms with Gasteiger partial charge >= 0.3 is 0 Å². The molecule has 0 radical (unpaired) electrons. The summed E-state index contributed by atoms with van der Waals surface area (Å²) in [6.07, 6.45) is 1.60. The Labute approximate surface area is 169 Å². The molecule has 3 aromatic rings. The van der Waals surface area contributed by atoms with Gasteiger partial charge in [0.25, 0.3) is 11.8 Å². The van der Waals surface area contributed by atoms with Gasteiger partial charge in [-0.1, -0.05) is 29.8 Å². The number of nitrogens with zero attached hydrogens (tertiary/aromatic N) is 1. The van der Waals surface area contributed by atoms with Gasteiger partial charge in [-0.3, -0.25) is 14.5 Å². The second-order valence-corrected chi connectivity index (χ2v) is 8.24. The number of benzene rings is 1. The normalized spacial score (nSPS) is 14.5. The van der Waals surface area contributed by atoms with Gasteiger partial charge in [-0.25, -0.2) is 0 Å². The number of carbonyl (C=O) groups is 2. The van der Waals surface area contributed by atoms with Crippen molar-refractivity contribution in [2.45, 2.75) is 12.3 Å². The molecular weight excluding hydrogens is 402 g/mol. The van der Waals surface area contributed by atoms with Gasteiger partial charge in [0.15, 0.2) is 0 Å². The number of imide groups is 1. The Morgan fingerprint density at radius 3 is 2.52 bits per heavy atom. The van der Waals surface area contributed by atoms with E-state index in [0.717, 1.165) is 16.2 Å². The van der Waals surface area contributed by atoms with Crippen molar-refractivity contribution in [3.8, 4) is 0 Å². The highest BCUT2D eigenvalue weighted by Crippen LogP contribution is 2.39. The molecule has 0 saturated carbocycles. The van der Waals surface area contributed by atoms with Crippen molar-refractivity contribution in [3.63, 3.8) is 0 Å². The van der Waals surface area contributed by atoms with E-state index in [0.29, 0.717) is 21.3 Å². The first-order valence-corrected chi connectivity index (χ1v) is 10.4. The average Bonchev–Trinajstić information content (AvgIpc) is 3.40. The summed E-state index contributed by atoms with van der Waals surface area (Å²) >= 11 is 8.71. The summed E-state index contributed by atoms with van der Waals surface area (Å²) in [6.45, 7) is 0.217. The fourth-order valence-electron chi connectivity index (χ4n) is 2.78. The number of furan rings is 1. The summed E-state index contributed by atoms with van der Waals surface area (Å²) < 4.78 is 5.35. The fraction of sp³-hybridized carbons (Fsp3) is 0.100. The second kappa shape index (κ2) is 7.76. The first-order chi connectivity index (χ1) is 13.1. The first kappa shape index (κ1) is 18.1. The maximum Gasteiger partial charge on any atom is 0.268 e. The molecule has 0 saturated heterocycles. The van der Waals surface area contributed by atoms with Gasteiger partial charge in [0.1, 0.15) is 5.76 Å². The molecule has 1 aromatic carbocycles. The monoisotopic (exact) mass is 415 g/mol. The van der Waals surface area contributed by atoms with E-state index in [1.165, 1.54) is 28.0 Å². The lowest BCUT2D eigenvalue weighted by molar-refractivity contribution is -0.137. The van der Waals surface area contributed by atoms with E-state index in [-0.39, 0.29) is 18.4 Å². The smallest absolute Gasteiger partial charge is 0.268 e. The Bertz CT molecular complexity index is 993. The zero-order valence-corrected chi connectivity index (χ0v) is 16.4. The molecule has 136 valence electrons. The molecule has 0 fully saturated rings. The third-order valence-corrected chi connectivity index (χ3v) is 6.32. The molecule has 27 heavy (non-hydrogen) atoms. The van der Waals surface area contributed by atoms with Crippen LogP contribution < -0.4 is 0 Å². The predicted molar refractivity (Wildman–Crippen MR) is 108 cm³/mol. The molecule has 0 atom stereocenters. The summed E-state index contributed by atoms with van der Waals surface area (Å²) in [5.41, 5.74) is 1.32. The molecule has 4 nitrogen and oxygen atoms in total. The number of hydrogen-bond acceptors (Lipinski definition) is 5. The van der Waals surface area contributed by atoms with Crippen LogP contribution in [0.3, 0.4) is 0 Å². The first-order valence-electron chi connectivity index (χ1n) is 8.17. The summed E-state index contributed by atoms with van der Waals surface area (Å²) in [5, 5.41) is 2.52. The van der Waals surface area contributed by atoms with Crippen LogP contribution in [0.4, 0.5) is 0 Å². The van der Waals surface area contributed by atoms with Gasteiger partial charge in [0, 0.05) is 9.90 Å². The van der Waals surface area contributed by atoms with E-state index in [1.807, 2.05) is 35.7 Å². The number of carbonyl (C=O) groups excluding carboxylic acids is 2. The van der Waals surface area contributed by atoms with E-state index < -0.39 is 0 Å². The van der Waals surface area contributed by atoms with Gasteiger partial charge in [0.2, 0.25) is 0 Å². The molecule has 0 bridgehead atoms. The van der Waals surface area contributed by atoms with Crippen LogP contribution in [0, 0.1) is 0 Å². The molecule has 0 spiro atoms. The maximum atomic E-state index is 13.0. The standard InChI is InChI=1S/C20H14ClNO3S2/c21-14-7-5-13(6-8-14)11-22-19(23)17(16-4-2-10-26-16)18(20(22)24)27-12-15-3-1-9-25-15/h1-10H,11-12H2. The zero-order valence-electron chi connectivity index (χ0n) is 14.1. The largest absolute Gasteiger partial charge is 0.468 e. The van der Waals surface area contributed by atoms with Gasteiger partial charge < -0.3 is 4.42 Å². The van der Waals surface area contributed by atoms with Gasteiger partial charge in [0.05, 0.1) is 29.0 Å². The van der Waals surface area contributed by atoms with Crippen LogP contribution in [-0.4, -0.2) is 16.7 Å². The molecule has 1 aliphatic rings. The molecule has 2 amide bonds. The van der Waals surface area contributed by atoms with E-state index in [4.69, 9.17) is 16.0 Å². The van der Waals surface area contributed by atoms with E-state index in [9.17, 15) is 9.59 Å². The molecule has 0 aliphatic carbocycles. The number of rotatable bonds is 6. The van der Waals surface area contributed by atoms with E-state index in [1.54, 1.807) is 24.5 Å². The van der Waals surface area contributed by atoms with Crippen LogP contribution in [0.2, 0.25) is 5.02 Å². The van der Waals surface area contributed by atoms with E-state index >= 15 is 0 Å². The minimum absolute atomic E-state index is 0.217. The summed E-state index contributed by atoms with van der Waals surface area (Å²) in [5.74, 6) is 0.717. The Balaban J connectivity index is 1.63. The van der Waals surface area contributed by atoms with Crippen LogP contribution in [-0.2, 0) is 21.9 Å². The van der Waals surface area contributed by atoms with Crippen LogP contribution in [0.15, 0.2) is 69.5 Å². The molecular formula is C20H14ClNO3S2. The molecule has 1 aliphatic heterocycles. The average molecular weight is 416 g/mol. The third-order valence-electron chi connectivity index (χ3n) is 4.09. The fourth-order valence-corrected chi connectivity index (χ4v) is 4.76. The van der Waals surface area contributed by atoms with Crippen molar-refractivity contribution >= 4 is 52.1 Å². The molecule has 4 rings (SSSR count). The van der Waals surface area contributed by atoms with Crippen molar-refractivity contribution < 1.29 is 14.0 Å². The quantitative estimate of drug-likeness (QED) is 0.518. The molecule has 7 heteroatoms. The Hall–Kier alpha value is -2.28. The van der Waals surface area contributed by atoms with Crippen LogP contribution >= 0.6 is 34.7 Å². The minimum Gasteiger partial charge on any atom is -0.468 e. The number of thioether (sulfide) groups is 1. The van der Waals surface area contributed by atoms with Gasteiger partial charge in [-0.2, -0.15) is 0 Å². The summed E-state index contributed by atoms with van der Waals surface area (Å²) in [4.78, 5) is 28.6. The lowest BCUT2D eigenvalue weighted by Crippen LogP contribution is -2.30.